The summed E-state index contributed by atoms with van der Waals surface area (Å²) in [4.78, 5) is 13.3. The molecule has 1 aliphatic carbocycles. The van der Waals surface area contributed by atoms with E-state index in [4.69, 9.17) is 10.6 Å². The molecule has 0 aliphatic heterocycles. The predicted octanol–water partition coefficient (Wildman–Crippen LogP) is 1.25. The first-order valence-corrected chi connectivity index (χ1v) is 6.64. The van der Waals surface area contributed by atoms with E-state index >= 15 is 0 Å². The summed E-state index contributed by atoms with van der Waals surface area (Å²) in [6, 6.07) is 3.81. The van der Waals surface area contributed by atoms with Crippen LogP contribution in [0.2, 0.25) is 0 Å². The van der Waals surface area contributed by atoms with Crippen molar-refractivity contribution in [1.29, 1.82) is 0 Å². The molecule has 3 N–H and O–H groups in total. The van der Waals surface area contributed by atoms with Crippen LogP contribution >= 0.6 is 0 Å². The monoisotopic (exact) mass is 271 g/mol. The normalized spacial score (nSPS) is 13.1. The Labute approximate surface area is 117 Å². The number of aromatic nitrogens is 3. The fourth-order valence-corrected chi connectivity index (χ4v) is 2.50. The Balaban J connectivity index is 1.86. The molecule has 0 saturated heterocycles. The van der Waals surface area contributed by atoms with Crippen molar-refractivity contribution < 1.29 is 4.74 Å². The van der Waals surface area contributed by atoms with Gasteiger partial charge in [0.2, 0.25) is 5.88 Å². The predicted molar refractivity (Wildman–Crippen MR) is 75.5 cm³/mol. The highest BCUT2D eigenvalue weighted by atomic mass is 16.5. The van der Waals surface area contributed by atoms with E-state index in [0.29, 0.717) is 12.3 Å². The van der Waals surface area contributed by atoms with Crippen LogP contribution in [0, 0.1) is 0 Å². The highest BCUT2D eigenvalue weighted by Crippen LogP contribution is 2.26. The number of nitrogens with zero attached hydrogens (tertiary/aromatic N) is 3. The molecule has 0 bridgehead atoms. The number of hydrazine groups is 1. The van der Waals surface area contributed by atoms with Crippen LogP contribution in [0.5, 0.6) is 5.88 Å². The molecule has 0 amide bonds. The van der Waals surface area contributed by atoms with E-state index in [9.17, 15) is 0 Å². The summed E-state index contributed by atoms with van der Waals surface area (Å²) in [6.07, 6.45) is 5.54. The number of hydrogen-bond acceptors (Lipinski definition) is 6. The first kappa shape index (κ1) is 12.8. The molecule has 3 rings (SSSR count). The molecule has 1 aliphatic rings. The summed E-state index contributed by atoms with van der Waals surface area (Å²) in [5.41, 5.74) is 6.00. The Morgan fingerprint density at radius 1 is 1.30 bits per heavy atom. The second kappa shape index (κ2) is 5.42. The number of nitrogens with one attached hydrogen (secondary N) is 1. The first-order valence-electron chi connectivity index (χ1n) is 6.64. The van der Waals surface area contributed by atoms with Gasteiger partial charge in [-0.2, -0.15) is 0 Å². The molecule has 0 unspecified atom stereocenters. The Morgan fingerprint density at radius 3 is 2.90 bits per heavy atom. The molecule has 6 nitrogen and oxygen atoms in total. The Kier molecular flexibility index (Phi) is 3.47. The molecule has 104 valence electrons. The number of anilines is 1. The maximum Gasteiger partial charge on any atom is 0.212 e. The lowest BCUT2D eigenvalue weighted by molar-refractivity contribution is 0.397. The SMILES string of the molecule is COc1ccc(Cc2nc3c(c(NN)n2)CCC3)cn1. The van der Waals surface area contributed by atoms with Crippen molar-refractivity contribution in [3.05, 3.63) is 41.0 Å². The van der Waals surface area contributed by atoms with Crippen molar-refractivity contribution in [2.45, 2.75) is 25.7 Å². The average molecular weight is 271 g/mol. The van der Waals surface area contributed by atoms with Gasteiger partial charge >= 0.3 is 0 Å². The highest BCUT2D eigenvalue weighted by Gasteiger charge is 2.18. The quantitative estimate of drug-likeness (QED) is 0.643. The van der Waals surface area contributed by atoms with E-state index < -0.39 is 0 Å². The smallest absolute Gasteiger partial charge is 0.212 e. The third-order valence-electron chi connectivity index (χ3n) is 3.49. The van der Waals surface area contributed by atoms with E-state index in [-0.39, 0.29) is 0 Å². The van der Waals surface area contributed by atoms with Crippen molar-refractivity contribution in [2.75, 3.05) is 12.5 Å². The third kappa shape index (κ3) is 2.42. The van der Waals surface area contributed by atoms with Gasteiger partial charge in [-0.25, -0.2) is 20.8 Å². The van der Waals surface area contributed by atoms with Crippen LogP contribution in [0.1, 0.15) is 29.1 Å². The average Bonchev–Trinajstić information content (AvgIpc) is 2.95. The number of methoxy groups -OCH3 is 1. The zero-order valence-electron chi connectivity index (χ0n) is 11.4. The van der Waals surface area contributed by atoms with Gasteiger partial charge in [0.25, 0.3) is 0 Å². The summed E-state index contributed by atoms with van der Waals surface area (Å²) >= 11 is 0. The number of nitrogen functional groups attached to an aromatic ring is 1. The summed E-state index contributed by atoms with van der Waals surface area (Å²) in [7, 11) is 1.60. The van der Waals surface area contributed by atoms with Gasteiger partial charge in [-0.3, -0.25) is 0 Å². The van der Waals surface area contributed by atoms with Crippen LogP contribution in [0.25, 0.3) is 0 Å². The zero-order valence-corrected chi connectivity index (χ0v) is 11.4. The van der Waals surface area contributed by atoms with Crippen molar-refractivity contribution in [2.24, 2.45) is 5.84 Å². The summed E-state index contributed by atoms with van der Waals surface area (Å²) in [6.45, 7) is 0. The molecule has 0 atom stereocenters. The maximum atomic E-state index is 5.55. The fourth-order valence-electron chi connectivity index (χ4n) is 2.50. The van der Waals surface area contributed by atoms with Crippen molar-refractivity contribution >= 4 is 5.82 Å². The van der Waals surface area contributed by atoms with Crippen LogP contribution in [0.4, 0.5) is 5.82 Å². The Hall–Kier alpha value is -2.21. The van der Waals surface area contributed by atoms with E-state index in [1.54, 1.807) is 13.3 Å². The molecule has 0 fully saturated rings. The number of rotatable bonds is 4. The number of aryl methyl sites for hydroxylation is 1. The second-order valence-corrected chi connectivity index (χ2v) is 4.80. The number of hydrogen-bond donors (Lipinski definition) is 2. The Bertz CT molecular complexity index is 612. The van der Waals surface area contributed by atoms with Crippen LogP contribution < -0.4 is 16.0 Å². The third-order valence-corrected chi connectivity index (χ3v) is 3.49. The summed E-state index contributed by atoms with van der Waals surface area (Å²) in [5, 5.41) is 0. The topological polar surface area (TPSA) is 86.0 Å². The van der Waals surface area contributed by atoms with Gasteiger partial charge in [-0.1, -0.05) is 6.07 Å². The standard InChI is InChI=1S/C14H17N5O/c1-20-13-6-5-9(8-16-13)7-12-17-11-4-2-3-10(11)14(18-12)19-15/h5-6,8H,2-4,7,15H2,1H3,(H,17,18,19). The van der Waals surface area contributed by atoms with Crippen LogP contribution in [-0.4, -0.2) is 22.1 Å². The molecule has 2 heterocycles. The molecule has 2 aromatic rings. The van der Waals surface area contributed by atoms with Crippen LogP contribution in [-0.2, 0) is 19.3 Å². The zero-order chi connectivity index (χ0) is 13.9. The lowest BCUT2D eigenvalue weighted by Crippen LogP contribution is -2.14. The molecule has 0 radical (unpaired) electrons. The van der Waals surface area contributed by atoms with Gasteiger partial charge in [0, 0.05) is 29.9 Å². The van der Waals surface area contributed by atoms with Gasteiger partial charge in [0.15, 0.2) is 0 Å². The minimum Gasteiger partial charge on any atom is -0.481 e. The van der Waals surface area contributed by atoms with E-state index in [0.717, 1.165) is 47.7 Å². The van der Waals surface area contributed by atoms with E-state index in [2.05, 4.69) is 20.4 Å². The molecular weight excluding hydrogens is 254 g/mol. The molecule has 2 aromatic heterocycles. The van der Waals surface area contributed by atoms with Crippen molar-refractivity contribution in [1.82, 2.24) is 15.0 Å². The highest BCUT2D eigenvalue weighted by molar-refractivity contribution is 5.48. The first-order chi connectivity index (χ1) is 9.80. The lowest BCUT2D eigenvalue weighted by Gasteiger charge is -2.09. The van der Waals surface area contributed by atoms with Crippen molar-refractivity contribution in [3.63, 3.8) is 0 Å². The summed E-state index contributed by atoms with van der Waals surface area (Å²) in [5.74, 6) is 7.68. The van der Waals surface area contributed by atoms with Crippen LogP contribution in [0.3, 0.4) is 0 Å². The molecular formula is C14H17N5O. The number of nitrogens with two attached hydrogens (primary N) is 1. The number of fused-ring (bicyclic) bond motifs is 1. The molecule has 0 spiro atoms. The fraction of sp³-hybridized carbons (Fsp3) is 0.357. The number of ether oxygens (including phenoxy) is 1. The second-order valence-electron chi connectivity index (χ2n) is 4.80. The van der Waals surface area contributed by atoms with Crippen LogP contribution in [0.15, 0.2) is 18.3 Å². The maximum absolute atomic E-state index is 5.55. The molecule has 20 heavy (non-hydrogen) atoms. The van der Waals surface area contributed by atoms with Gasteiger partial charge < -0.3 is 10.2 Å². The largest absolute Gasteiger partial charge is 0.481 e. The minimum atomic E-state index is 0.605. The van der Waals surface area contributed by atoms with Crippen molar-refractivity contribution in [3.8, 4) is 5.88 Å². The minimum absolute atomic E-state index is 0.605. The molecule has 0 saturated carbocycles. The summed E-state index contributed by atoms with van der Waals surface area (Å²) < 4.78 is 5.05. The lowest BCUT2D eigenvalue weighted by atomic mass is 10.2. The van der Waals surface area contributed by atoms with Gasteiger partial charge in [0.1, 0.15) is 11.6 Å². The van der Waals surface area contributed by atoms with E-state index in [1.807, 2.05) is 12.1 Å². The molecule has 0 aromatic carbocycles. The van der Waals surface area contributed by atoms with Gasteiger partial charge in [-0.05, 0) is 24.8 Å². The molecule has 6 heteroatoms. The number of pyridine rings is 1. The van der Waals surface area contributed by atoms with Gasteiger partial charge in [0.05, 0.1) is 7.11 Å². The van der Waals surface area contributed by atoms with E-state index in [1.165, 1.54) is 0 Å². The Morgan fingerprint density at radius 2 is 2.20 bits per heavy atom. The van der Waals surface area contributed by atoms with Gasteiger partial charge in [-0.15, -0.1) is 0 Å².